The second kappa shape index (κ2) is 7.75. The Balaban J connectivity index is 2.96. The lowest BCUT2D eigenvalue weighted by atomic mass is 9.99. The maximum absolute atomic E-state index is 5.71. The number of hydrogen-bond donors (Lipinski definition) is 1. The van der Waals surface area contributed by atoms with Gasteiger partial charge in [-0.2, -0.15) is 0 Å². The van der Waals surface area contributed by atoms with Gasteiger partial charge in [-0.25, -0.2) is 0 Å². The molecule has 3 nitrogen and oxygen atoms in total. The van der Waals surface area contributed by atoms with Crippen molar-refractivity contribution in [2.75, 3.05) is 19.9 Å². The zero-order valence-electron chi connectivity index (χ0n) is 11.3. The van der Waals surface area contributed by atoms with Crippen molar-refractivity contribution in [1.29, 1.82) is 0 Å². The Morgan fingerprint density at radius 3 is 2.78 bits per heavy atom. The lowest BCUT2D eigenvalue weighted by molar-refractivity contribution is 0.0217. The third kappa shape index (κ3) is 4.06. The van der Waals surface area contributed by atoms with Crippen molar-refractivity contribution in [1.82, 2.24) is 0 Å². The van der Waals surface area contributed by atoms with Crippen LogP contribution in [0.2, 0.25) is 0 Å². The van der Waals surface area contributed by atoms with E-state index >= 15 is 0 Å². The predicted molar refractivity (Wildman–Crippen MR) is 73.6 cm³/mol. The SMILES string of the molecule is CC#Cc1ccc(C(C)CN)c(OCOCC)c1. The summed E-state index contributed by atoms with van der Waals surface area (Å²) in [6.45, 7) is 7.31. The number of rotatable bonds is 6. The molecule has 1 atom stereocenters. The van der Waals surface area contributed by atoms with Gasteiger partial charge in [0.2, 0.25) is 0 Å². The Morgan fingerprint density at radius 2 is 2.17 bits per heavy atom. The average molecular weight is 247 g/mol. The van der Waals surface area contributed by atoms with E-state index in [1.54, 1.807) is 0 Å². The maximum atomic E-state index is 5.71. The molecule has 0 aromatic heterocycles. The maximum Gasteiger partial charge on any atom is 0.189 e. The Hall–Kier alpha value is -1.50. The van der Waals surface area contributed by atoms with Gasteiger partial charge in [0.05, 0.1) is 0 Å². The molecule has 0 radical (unpaired) electrons. The molecule has 0 saturated carbocycles. The van der Waals surface area contributed by atoms with E-state index < -0.39 is 0 Å². The summed E-state index contributed by atoms with van der Waals surface area (Å²) in [6.07, 6.45) is 0. The van der Waals surface area contributed by atoms with Gasteiger partial charge in [-0.15, -0.1) is 5.92 Å². The van der Waals surface area contributed by atoms with Crippen molar-refractivity contribution in [3.63, 3.8) is 0 Å². The van der Waals surface area contributed by atoms with Gasteiger partial charge in [0.25, 0.3) is 0 Å². The van der Waals surface area contributed by atoms with E-state index in [2.05, 4.69) is 18.8 Å². The minimum atomic E-state index is 0.254. The first-order valence-electron chi connectivity index (χ1n) is 6.20. The van der Waals surface area contributed by atoms with Crippen molar-refractivity contribution in [2.24, 2.45) is 5.73 Å². The monoisotopic (exact) mass is 247 g/mol. The van der Waals surface area contributed by atoms with E-state index in [4.69, 9.17) is 15.2 Å². The van der Waals surface area contributed by atoms with Crippen LogP contribution in [-0.4, -0.2) is 19.9 Å². The molecule has 98 valence electrons. The first kappa shape index (κ1) is 14.6. The van der Waals surface area contributed by atoms with E-state index in [0.29, 0.717) is 13.2 Å². The van der Waals surface area contributed by atoms with E-state index in [-0.39, 0.29) is 12.7 Å². The second-order valence-electron chi connectivity index (χ2n) is 4.02. The summed E-state index contributed by atoms with van der Waals surface area (Å²) >= 11 is 0. The highest BCUT2D eigenvalue weighted by molar-refractivity contribution is 5.45. The quantitative estimate of drug-likeness (QED) is 0.477. The van der Waals surface area contributed by atoms with Crippen LogP contribution in [0.15, 0.2) is 18.2 Å². The number of nitrogens with two attached hydrogens (primary N) is 1. The van der Waals surface area contributed by atoms with Crippen LogP contribution in [0.3, 0.4) is 0 Å². The van der Waals surface area contributed by atoms with Gasteiger partial charge in [0.1, 0.15) is 5.75 Å². The molecule has 0 aliphatic rings. The van der Waals surface area contributed by atoms with Crippen molar-refractivity contribution >= 4 is 0 Å². The average Bonchev–Trinajstić information content (AvgIpc) is 2.39. The summed E-state index contributed by atoms with van der Waals surface area (Å²) in [6, 6.07) is 5.96. The molecular formula is C15H21NO2. The van der Waals surface area contributed by atoms with Gasteiger partial charge in [-0.05, 0) is 44.0 Å². The lowest BCUT2D eigenvalue weighted by Crippen LogP contribution is -2.12. The Labute approximate surface area is 109 Å². The van der Waals surface area contributed by atoms with Crippen molar-refractivity contribution in [2.45, 2.75) is 26.7 Å². The van der Waals surface area contributed by atoms with Crippen molar-refractivity contribution < 1.29 is 9.47 Å². The fourth-order valence-corrected chi connectivity index (χ4v) is 1.60. The van der Waals surface area contributed by atoms with Gasteiger partial charge in [-0.3, -0.25) is 0 Å². The molecule has 0 fully saturated rings. The number of benzene rings is 1. The smallest absolute Gasteiger partial charge is 0.189 e. The van der Waals surface area contributed by atoms with E-state index in [0.717, 1.165) is 16.9 Å². The molecule has 1 rings (SSSR count). The van der Waals surface area contributed by atoms with Crippen LogP contribution in [0.1, 0.15) is 37.8 Å². The molecule has 1 unspecified atom stereocenters. The molecule has 0 spiro atoms. The molecule has 18 heavy (non-hydrogen) atoms. The molecule has 1 aromatic rings. The van der Waals surface area contributed by atoms with Gasteiger partial charge in [0, 0.05) is 12.2 Å². The highest BCUT2D eigenvalue weighted by Crippen LogP contribution is 2.27. The predicted octanol–water partition coefficient (Wildman–Crippen LogP) is 2.49. The third-order valence-electron chi connectivity index (χ3n) is 2.67. The molecule has 0 heterocycles. The highest BCUT2D eigenvalue weighted by atomic mass is 16.7. The lowest BCUT2D eigenvalue weighted by Gasteiger charge is -2.16. The standard InChI is InChI=1S/C15H21NO2/c1-4-6-13-7-8-14(12(3)10-16)15(9-13)18-11-17-5-2/h7-9,12H,5,10-11,16H2,1-3H3. The normalized spacial score (nSPS) is 11.6. The van der Waals surface area contributed by atoms with E-state index in [1.807, 2.05) is 32.0 Å². The van der Waals surface area contributed by atoms with Crippen LogP contribution in [0.25, 0.3) is 0 Å². The van der Waals surface area contributed by atoms with Gasteiger partial charge in [0.15, 0.2) is 6.79 Å². The molecule has 0 bridgehead atoms. The molecule has 0 aliphatic carbocycles. The van der Waals surface area contributed by atoms with Gasteiger partial charge in [-0.1, -0.05) is 18.9 Å². The van der Waals surface area contributed by atoms with E-state index in [9.17, 15) is 0 Å². The zero-order chi connectivity index (χ0) is 13.4. The molecule has 2 N–H and O–H groups in total. The molecule has 0 aliphatic heterocycles. The first-order valence-corrected chi connectivity index (χ1v) is 6.20. The Kier molecular flexibility index (Phi) is 6.27. The summed E-state index contributed by atoms with van der Waals surface area (Å²) < 4.78 is 10.9. The van der Waals surface area contributed by atoms with Crippen LogP contribution < -0.4 is 10.5 Å². The molecule has 0 amide bonds. The van der Waals surface area contributed by atoms with Gasteiger partial charge >= 0.3 is 0 Å². The first-order chi connectivity index (χ1) is 8.72. The second-order valence-corrected chi connectivity index (χ2v) is 4.02. The highest BCUT2D eigenvalue weighted by Gasteiger charge is 2.11. The van der Waals surface area contributed by atoms with Crippen LogP contribution in [0.4, 0.5) is 0 Å². The van der Waals surface area contributed by atoms with Crippen LogP contribution in [0.5, 0.6) is 5.75 Å². The summed E-state index contributed by atoms with van der Waals surface area (Å²) in [7, 11) is 0. The van der Waals surface area contributed by atoms with E-state index in [1.165, 1.54) is 0 Å². The fraction of sp³-hybridized carbons (Fsp3) is 0.467. The fourth-order valence-electron chi connectivity index (χ4n) is 1.60. The van der Waals surface area contributed by atoms with Crippen LogP contribution in [-0.2, 0) is 4.74 Å². The van der Waals surface area contributed by atoms with Crippen molar-refractivity contribution in [3.8, 4) is 17.6 Å². The minimum absolute atomic E-state index is 0.254. The molecule has 0 saturated heterocycles. The number of hydrogen-bond acceptors (Lipinski definition) is 3. The number of ether oxygens (including phenoxy) is 2. The van der Waals surface area contributed by atoms with Gasteiger partial charge < -0.3 is 15.2 Å². The summed E-state index contributed by atoms with van der Waals surface area (Å²) in [5.74, 6) is 6.96. The summed E-state index contributed by atoms with van der Waals surface area (Å²) in [5.41, 5.74) is 7.75. The van der Waals surface area contributed by atoms with Crippen LogP contribution in [0, 0.1) is 11.8 Å². The summed E-state index contributed by atoms with van der Waals surface area (Å²) in [4.78, 5) is 0. The largest absolute Gasteiger partial charge is 0.467 e. The summed E-state index contributed by atoms with van der Waals surface area (Å²) in [5, 5.41) is 0. The topological polar surface area (TPSA) is 44.5 Å². The van der Waals surface area contributed by atoms with Crippen molar-refractivity contribution in [3.05, 3.63) is 29.3 Å². The molecule has 3 heteroatoms. The molecule has 1 aromatic carbocycles. The molecular weight excluding hydrogens is 226 g/mol. The third-order valence-corrected chi connectivity index (χ3v) is 2.67. The minimum Gasteiger partial charge on any atom is -0.467 e. The Morgan fingerprint density at radius 1 is 1.39 bits per heavy atom. The van der Waals surface area contributed by atoms with Crippen LogP contribution >= 0.6 is 0 Å². The Bertz CT molecular complexity index is 432. The zero-order valence-corrected chi connectivity index (χ0v) is 11.3.